The lowest BCUT2D eigenvalue weighted by Crippen LogP contribution is -2.01. The summed E-state index contributed by atoms with van der Waals surface area (Å²) in [5.74, 6) is 0.354. The van der Waals surface area contributed by atoms with Crippen molar-refractivity contribution in [2.45, 2.75) is 6.92 Å². The molecule has 0 amide bonds. The first-order valence-corrected chi connectivity index (χ1v) is 6.44. The Morgan fingerprint density at radius 3 is 2.76 bits per heavy atom. The summed E-state index contributed by atoms with van der Waals surface area (Å²) in [7, 11) is 1.84. The zero-order valence-corrected chi connectivity index (χ0v) is 11.4. The highest BCUT2D eigenvalue weighted by Crippen LogP contribution is 2.24. The van der Waals surface area contributed by atoms with Crippen LogP contribution in [-0.2, 0) is 7.05 Å². The van der Waals surface area contributed by atoms with Crippen LogP contribution in [0.3, 0.4) is 0 Å². The lowest BCUT2D eigenvalue weighted by molar-refractivity contribution is 0.629. The van der Waals surface area contributed by atoms with E-state index in [-0.39, 0.29) is 5.82 Å². The maximum absolute atomic E-state index is 13.6. The maximum atomic E-state index is 13.6. The predicted octanol–water partition coefficient (Wildman–Crippen LogP) is 2.13. The number of halogens is 1. The van der Waals surface area contributed by atoms with Gasteiger partial charge in [-0.25, -0.2) is 9.37 Å². The van der Waals surface area contributed by atoms with Crippen LogP contribution >= 0.6 is 0 Å². The zero-order chi connectivity index (χ0) is 14.6. The second-order valence-corrected chi connectivity index (χ2v) is 4.85. The Balaban J connectivity index is 2.21. The summed E-state index contributed by atoms with van der Waals surface area (Å²) in [5, 5.41) is 12.5. The van der Waals surface area contributed by atoms with E-state index in [0.717, 1.165) is 11.4 Å². The summed E-state index contributed by atoms with van der Waals surface area (Å²) in [6, 6.07) is 6.29. The van der Waals surface area contributed by atoms with Crippen LogP contribution in [0.1, 0.15) is 5.69 Å². The van der Waals surface area contributed by atoms with Crippen molar-refractivity contribution in [3.63, 3.8) is 0 Å². The minimum absolute atomic E-state index is 0.320. The zero-order valence-electron chi connectivity index (χ0n) is 11.4. The van der Waals surface area contributed by atoms with Gasteiger partial charge in [-0.1, -0.05) is 0 Å². The van der Waals surface area contributed by atoms with Crippen molar-refractivity contribution in [2.75, 3.05) is 0 Å². The molecular formula is C14H11FN6. The van der Waals surface area contributed by atoms with Crippen molar-refractivity contribution in [2.24, 2.45) is 7.05 Å². The summed E-state index contributed by atoms with van der Waals surface area (Å²) >= 11 is 0. The molecule has 4 aromatic rings. The van der Waals surface area contributed by atoms with Crippen LogP contribution in [0.4, 0.5) is 4.39 Å². The van der Waals surface area contributed by atoms with Crippen molar-refractivity contribution >= 4 is 16.7 Å². The monoisotopic (exact) mass is 282 g/mol. The van der Waals surface area contributed by atoms with Gasteiger partial charge in [-0.05, 0) is 25.1 Å². The average Bonchev–Trinajstić information content (AvgIpc) is 3.02. The number of fused-ring (bicyclic) bond motifs is 3. The van der Waals surface area contributed by atoms with Crippen molar-refractivity contribution in [1.82, 2.24) is 29.4 Å². The fourth-order valence-electron chi connectivity index (χ4n) is 2.49. The third kappa shape index (κ3) is 1.63. The average molecular weight is 282 g/mol. The maximum Gasteiger partial charge on any atom is 0.183 e. The number of benzene rings is 1. The van der Waals surface area contributed by atoms with Gasteiger partial charge < -0.3 is 0 Å². The summed E-state index contributed by atoms with van der Waals surface area (Å²) in [6.45, 7) is 1.86. The number of aryl methyl sites for hydroxylation is 2. The van der Waals surface area contributed by atoms with Gasteiger partial charge in [0.25, 0.3) is 0 Å². The Morgan fingerprint density at radius 2 is 2.00 bits per heavy atom. The van der Waals surface area contributed by atoms with E-state index in [1.54, 1.807) is 16.9 Å². The van der Waals surface area contributed by atoms with Crippen molar-refractivity contribution < 1.29 is 4.39 Å². The van der Waals surface area contributed by atoms with Crippen LogP contribution in [0.15, 0.2) is 30.5 Å². The largest absolute Gasteiger partial charge is 0.272 e. The molecule has 104 valence electrons. The molecule has 0 fully saturated rings. The molecule has 7 heteroatoms. The molecule has 0 saturated heterocycles. The van der Waals surface area contributed by atoms with Gasteiger partial charge in [0.05, 0.1) is 11.2 Å². The Morgan fingerprint density at radius 1 is 1.14 bits per heavy atom. The predicted molar refractivity (Wildman–Crippen MR) is 75.2 cm³/mol. The second-order valence-electron chi connectivity index (χ2n) is 4.85. The first-order valence-electron chi connectivity index (χ1n) is 6.44. The molecule has 0 N–H and O–H groups in total. The second kappa shape index (κ2) is 4.08. The first kappa shape index (κ1) is 12.0. The van der Waals surface area contributed by atoms with Gasteiger partial charge >= 0.3 is 0 Å². The smallest absolute Gasteiger partial charge is 0.183 e. The van der Waals surface area contributed by atoms with Crippen LogP contribution in [-0.4, -0.2) is 29.4 Å². The van der Waals surface area contributed by atoms with E-state index >= 15 is 0 Å². The fourth-order valence-corrected chi connectivity index (χ4v) is 2.49. The minimum atomic E-state index is -0.320. The summed E-state index contributed by atoms with van der Waals surface area (Å²) in [6.07, 6.45) is 1.70. The molecule has 1 aromatic carbocycles. The molecule has 3 aromatic heterocycles. The van der Waals surface area contributed by atoms with Gasteiger partial charge in [-0.15, -0.1) is 10.2 Å². The lowest BCUT2D eigenvalue weighted by atomic mass is 10.3. The molecule has 3 heterocycles. The molecule has 0 aliphatic rings. The van der Waals surface area contributed by atoms with Crippen molar-refractivity contribution in [1.29, 1.82) is 0 Å². The van der Waals surface area contributed by atoms with Gasteiger partial charge in [-0.2, -0.15) is 5.10 Å². The highest BCUT2D eigenvalue weighted by molar-refractivity contribution is 5.80. The Kier molecular flexibility index (Phi) is 2.32. The Labute approximate surface area is 118 Å². The Hall–Kier alpha value is -2.83. The molecular weight excluding hydrogens is 271 g/mol. The number of aromatic nitrogens is 6. The highest BCUT2D eigenvalue weighted by atomic mass is 19.1. The normalized spacial score (nSPS) is 11.6. The van der Waals surface area contributed by atoms with Crippen LogP contribution < -0.4 is 0 Å². The standard InChI is InChI=1S/C14H11FN6/c1-8-13-19-18-10-4-3-9(15)7-12(10)21(13)14(17-8)11-5-6-16-20(11)2/h3-7H,1-2H3. The van der Waals surface area contributed by atoms with E-state index in [0.29, 0.717) is 22.5 Å². The molecule has 0 aliphatic carbocycles. The third-order valence-electron chi connectivity index (χ3n) is 3.50. The molecule has 0 aliphatic heterocycles. The number of hydrogen-bond acceptors (Lipinski definition) is 4. The fraction of sp³-hybridized carbons (Fsp3) is 0.143. The van der Waals surface area contributed by atoms with E-state index in [9.17, 15) is 4.39 Å². The molecule has 0 saturated carbocycles. The van der Waals surface area contributed by atoms with Gasteiger partial charge in [0.2, 0.25) is 0 Å². The van der Waals surface area contributed by atoms with E-state index in [4.69, 9.17) is 0 Å². The van der Waals surface area contributed by atoms with Crippen molar-refractivity contribution in [3.05, 3.63) is 42.0 Å². The van der Waals surface area contributed by atoms with Crippen LogP contribution in [0, 0.1) is 12.7 Å². The number of hydrogen-bond donors (Lipinski definition) is 0. The number of imidazole rings is 1. The highest BCUT2D eigenvalue weighted by Gasteiger charge is 2.17. The van der Waals surface area contributed by atoms with Gasteiger partial charge in [0.1, 0.15) is 17.0 Å². The van der Waals surface area contributed by atoms with Crippen LogP contribution in [0.25, 0.3) is 28.2 Å². The van der Waals surface area contributed by atoms with E-state index in [1.807, 2.05) is 24.4 Å². The van der Waals surface area contributed by atoms with Gasteiger partial charge in [-0.3, -0.25) is 9.08 Å². The summed E-state index contributed by atoms with van der Waals surface area (Å²) in [4.78, 5) is 4.55. The van der Waals surface area contributed by atoms with E-state index in [1.165, 1.54) is 12.1 Å². The quantitative estimate of drug-likeness (QED) is 0.536. The third-order valence-corrected chi connectivity index (χ3v) is 3.50. The SMILES string of the molecule is Cc1nc(-c2ccnn2C)n2c1nnc1ccc(F)cc12. The number of rotatable bonds is 1. The molecule has 4 rings (SSSR count). The lowest BCUT2D eigenvalue weighted by Gasteiger charge is -2.05. The van der Waals surface area contributed by atoms with E-state index in [2.05, 4.69) is 20.3 Å². The molecule has 0 radical (unpaired) electrons. The Bertz CT molecular complexity index is 984. The van der Waals surface area contributed by atoms with E-state index < -0.39 is 0 Å². The van der Waals surface area contributed by atoms with Gasteiger partial charge in [0, 0.05) is 19.3 Å². The minimum Gasteiger partial charge on any atom is -0.272 e. The first-order chi connectivity index (χ1) is 10.1. The van der Waals surface area contributed by atoms with Crippen molar-refractivity contribution in [3.8, 4) is 11.5 Å². The summed E-state index contributed by atoms with van der Waals surface area (Å²) < 4.78 is 17.2. The van der Waals surface area contributed by atoms with Gasteiger partial charge in [0.15, 0.2) is 11.5 Å². The summed E-state index contributed by atoms with van der Waals surface area (Å²) in [5.41, 5.74) is 3.44. The molecule has 6 nitrogen and oxygen atoms in total. The molecule has 0 spiro atoms. The molecule has 0 unspecified atom stereocenters. The van der Waals surface area contributed by atoms with Crippen LogP contribution in [0.5, 0.6) is 0 Å². The number of nitrogens with zero attached hydrogens (tertiary/aromatic N) is 6. The van der Waals surface area contributed by atoms with Crippen LogP contribution in [0.2, 0.25) is 0 Å². The molecule has 21 heavy (non-hydrogen) atoms. The molecule has 0 bridgehead atoms. The topological polar surface area (TPSA) is 60.9 Å². The molecule has 0 atom stereocenters.